The van der Waals surface area contributed by atoms with Gasteiger partial charge in [0.2, 0.25) is 11.8 Å². The lowest BCUT2D eigenvalue weighted by Crippen LogP contribution is -2.33. The minimum absolute atomic E-state index is 0.0186. The summed E-state index contributed by atoms with van der Waals surface area (Å²) in [5, 5.41) is 1.68. The number of nitrogens with zero attached hydrogens (tertiary/aromatic N) is 2. The van der Waals surface area contributed by atoms with Gasteiger partial charge in [-0.15, -0.1) is 0 Å². The van der Waals surface area contributed by atoms with Gasteiger partial charge in [-0.2, -0.15) is 13.2 Å². The minimum Gasteiger partial charge on any atom is -0.344 e. The summed E-state index contributed by atoms with van der Waals surface area (Å²) in [6.45, 7) is -0.0693. The van der Waals surface area contributed by atoms with Crippen LogP contribution in [0.4, 0.5) is 27.6 Å². The Hall–Kier alpha value is -2.75. The van der Waals surface area contributed by atoms with Gasteiger partial charge in [0.15, 0.2) is 11.6 Å². The lowest BCUT2D eigenvalue weighted by Gasteiger charge is -2.18. The second-order valence-electron chi connectivity index (χ2n) is 6.50. The van der Waals surface area contributed by atoms with Crippen LogP contribution in [0.5, 0.6) is 0 Å². The Bertz CT molecular complexity index is 982. The van der Waals surface area contributed by atoms with Gasteiger partial charge in [-0.05, 0) is 29.8 Å². The van der Waals surface area contributed by atoms with Crippen LogP contribution >= 0.6 is 11.6 Å². The first-order chi connectivity index (χ1) is 13.5. The molecular weight excluding hydrogens is 421 g/mol. The third kappa shape index (κ3) is 4.16. The fourth-order valence-corrected chi connectivity index (χ4v) is 3.40. The maximum Gasteiger partial charge on any atom is 0.433 e. The number of alkyl halides is 3. The van der Waals surface area contributed by atoms with Crippen molar-refractivity contribution in [3.05, 3.63) is 58.4 Å². The Balaban J connectivity index is 1.97. The van der Waals surface area contributed by atoms with Gasteiger partial charge in [-0.1, -0.05) is 17.7 Å². The number of carbonyl (C=O) groups is 2. The van der Waals surface area contributed by atoms with E-state index in [0.717, 1.165) is 24.3 Å². The molecule has 0 spiro atoms. The molecule has 0 saturated carbocycles. The number of hydrogen-bond acceptors (Lipinski definition) is 3. The van der Waals surface area contributed by atoms with Crippen molar-refractivity contribution in [2.75, 3.05) is 18.9 Å². The molecule has 154 valence electrons. The number of likely N-dealkylation sites (tertiary alicyclic amines) is 1. The van der Waals surface area contributed by atoms with Gasteiger partial charge in [0.25, 0.3) is 0 Å². The van der Waals surface area contributed by atoms with Crippen LogP contribution in [0, 0.1) is 17.6 Å². The van der Waals surface area contributed by atoms with Crippen molar-refractivity contribution in [2.45, 2.75) is 12.1 Å². The van der Waals surface area contributed by atoms with Crippen LogP contribution in [0.25, 0.3) is 0 Å². The van der Waals surface area contributed by atoms with Crippen LogP contribution in [0.3, 0.4) is 0 Å². The van der Waals surface area contributed by atoms with Crippen LogP contribution in [-0.2, 0) is 15.8 Å². The number of hydrogen-bond donors (Lipinski definition) is 1. The SMILES string of the molecule is CN1C[C@@H](c2cc(Cl)nc(C(F)(F)F)c2)[C@H](C(=O)Nc2cccc(F)c2F)C1=O. The number of pyridine rings is 1. The number of aromatic nitrogens is 1. The number of carbonyl (C=O) groups excluding carboxylic acids is 2. The number of benzene rings is 1. The molecule has 11 heteroatoms. The molecule has 5 nitrogen and oxygen atoms in total. The van der Waals surface area contributed by atoms with Gasteiger partial charge < -0.3 is 10.2 Å². The smallest absolute Gasteiger partial charge is 0.344 e. The van der Waals surface area contributed by atoms with Gasteiger partial charge in [-0.3, -0.25) is 9.59 Å². The number of amides is 2. The molecule has 1 aliphatic heterocycles. The lowest BCUT2D eigenvalue weighted by atomic mass is 9.88. The first kappa shape index (κ1) is 21.0. The van der Waals surface area contributed by atoms with E-state index in [-0.39, 0.29) is 12.1 Å². The number of nitrogens with one attached hydrogen (secondary N) is 1. The quantitative estimate of drug-likeness (QED) is 0.454. The molecule has 1 aromatic carbocycles. The van der Waals surface area contributed by atoms with Crippen LogP contribution in [0.2, 0.25) is 5.15 Å². The monoisotopic (exact) mass is 433 g/mol. The predicted octanol–water partition coefficient (Wildman–Crippen LogP) is 3.84. The van der Waals surface area contributed by atoms with Crippen LogP contribution in [0.15, 0.2) is 30.3 Å². The highest BCUT2D eigenvalue weighted by molar-refractivity contribution is 6.29. The lowest BCUT2D eigenvalue weighted by molar-refractivity contribution is -0.141. The van der Waals surface area contributed by atoms with E-state index in [4.69, 9.17) is 11.6 Å². The van der Waals surface area contributed by atoms with Gasteiger partial charge in [-0.25, -0.2) is 13.8 Å². The first-order valence-corrected chi connectivity index (χ1v) is 8.61. The van der Waals surface area contributed by atoms with Gasteiger partial charge in [0.05, 0.1) is 5.69 Å². The fourth-order valence-electron chi connectivity index (χ4n) is 3.18. The zero-order valence-electron chi connectivity index (χ0n) is 14.7. The molecule has 0 radical (unpaired) electrons. The highest BCUT2D eigenvalue weighted by Gasteiger charge is 2.45. The standard InChI is InChI=1S/C18H13ClF5N3O2/c1-27-7-9(8-5-12(18(22,23)24)26-13(19)6-8)14(17(27)29)16(28)25-11-4-2-3-10(20)15(11)21/h2-6,9,14H,7H2,1H3,(H,25,28)/t9-,14+/m0/s1. The molecule has 1 aliphatic rings. The highest BCUT2D eigenvalue weighted by atomic mass is 35.5. The molecule has 2 aromatic rings. The summed E-state index contributed by atoms with van der Waals surface area (Å²) in [4.78, 5) is 29.5. The number of halogens is 6. The zero-order chi connectivity index (χ0) is 21.5. The molecule has 1 aromatic heterocycles. The topological polar surface area (TPSA) is 62.3 Å². The predicted molar refractivity (Wildman–Crippen MR) is 93.1 cm³/mol. The fraction of sp³-hybridized carbons (Fsp3) is 0.278. The maximum atomic E-state index is 13.8. The van der Waals surface area contributed by atoms with E-state index >= 15 is 0 Å². The molecule has 1 N–H and O–H groups in total. The Morgan fingerprint density at radius 3 is 2.62 bits per heavy atom. The van der Waals surface area contributed by atoms with Crippen molar-refractivity contribution in [3.63, 3.8) is 0 Å². The van der Waals surface area contributed by atoms with E-state index in [1.807, 2.05) is 0 Å². The van der Waals surface area contributed by atoms with Crippen molar-refractivity contribution in [3.8, 4) is 0 Å². The number of anilines is 1. The zero-order valence-corrected chi connectivity index (χ0v) is 15.5. The normalized spacial score (nSPS) is 19.6. The van der Waals surface area contributed by atoms with E-state index in [2.05, 4.69) is 10.3 Å². The Morgan fingerprint density at radius 2 is 1.97 bits per heavy atom. The minimum atomic E-state index is -4.78. The summed E-state index contributed by atoms with van der Waals surface area (Å²) in [7, 11) is 1.37. The molecule has 2 atom stereocenters. The van der Waals surface area contributed by atoms with Gasteiger partial charge >= 0.3 is 6.18 Å². The summed E-state index contributed by atoms with van der Waals surface area (Å²) in [5.74, 6) is -6.62. The second kappa shape index (κ2) is 7.58. The van der Waals surface area contributed by atoms with E-state index in [1.54, 1.807) is 0 Å². The van der Waals surface area contributed by atoms with Crippen LogP contribution in [0.1, 0.15) is 17.2 Å². The average Bonchev–Trinajstić information content (AvgIpc) is 2.93. The van der Waals surface area contributed by atoms with Crippen molar-refractivity contribution < 1.29 is 31.5 Å². The third-order valence-corrected chi connectivity index (χ3v) is 4.74. The maximum absolute atomic E-state index is 13.8. The largest absolute Gasteiger partial charge is 0.433 e. The Labute approximate surface area is 166 Å². The molecule has 1 saturated heterocycles. The molecule has 2 heterocycles. The van der Waals surface area contributed by atoms with E-state index in [1.165, 1.54) is 11.9 Å². The van der Waals surface area contributed by atoms with Gasteiger partial charge in [0, 0.05) is 19.5 Å². The van der Waals surface area contributed by atoms with Crippen molar-refractivity contribution in [2.24, 2.45) is 5.92 Å². The van der Waals surface area contributed by atoms with E-state index in [9.17, 15) is 31.5 Å². The molecule has 0 unspecified atom stereocenters. The molecule has 29 heavy (non-hydrogen) atoms. The summed E-state index contributed by atoms with van der Waals surface area (Å²) in [6, 6.07) is 4.95. The first-order valence-electron chi connectivity index (χ1n) is 8.23. The van der Waals surface area contributed by atoms with Gasteiger partial charge in [0.1, 0.15) is 16.8 Å². The molecule has 0 bridgehead atoms. The summed E-state index contributed by atoms with van der Waals surface area (Å²) in [5.41, 5.74) is -1.77. The van der Waals surface area contributed by atoms with Crippen LogP contribution < -0.4 is 5.32 Å². The molecule has 0 aliphatic carbocycles. The van der Waals surface area contributed by atoms with Crippen molar-refractivity contribution >= 4 is 29.1 Å². The Kier molecular flexibility index (Phi) is 5.48. The van der Waals surface area contributed by atoms with Crippen molar-refractivity contribution in [1.29, 1.82) is 0 Å². The molecule has 1 fully saturated rings. The highest BCUT2D eigenvalue weighted by Crippen LogP contribution is 2.37. The van der Waals surface area contributed by atoms with Crippen molar-refractivity contribution in [1.82, 2.24) is 9.88 Å². The van der Waals surface area contributed by atoms with E-state index < -0.39 is 58.0 Å². The summed E-state index contributed by atoms with van der Waals surface area (Å²) >= 11 is 5.70. The third-order valence-electron chi connectivity index (χ3n) is 4.54. The van der Waals surface area contributed by atoms with E-state index in [0.29, 0.717) is 6.07 Å². The summed E-state index contributed by atoms with van der Waals surface area (Å²) in [6.07, 6.45) is -4.78. The Morgan fingerprint density at radius 1 is 1.28 bits per heavy atom. The average molecular weight is 434 g/mol. The molecular formula is C18H13ClF5N3O2. The summed E-state index contributed by atoms with van der Waals surface area (Å²) < 4.78 is 66.4. The van der Waals surface area contributed by atoms with Crippen LogP contribution in [-0.4, -0.2) is 35.3 Å². The molecule has 2 amide bonds. The second-order valence-corrected chi connectivity index (χ2v) is 6.89. The number of likely N-dealkylation sites (N-methyl/N-ethyl adjacent to an activating group) is 1. The number of rotatable bonds is 3. The molecule has 3 rings (SSSR count).